The van der Waals surface area contributed by atoms with E-state index in [1.165, 1.54) is 38.8 Å². The van der Waals surface area contributed by atoms with Gasteiger partial charge < -0.3 is 4.74 Å². The van der Waals surface area contributed by atoms with Crippen LogP contribution in [0.4, 0.5) is 0 Å². The van der Waals surface area contributed by atoms with Crippen molar-refractivity contribution in [3.05, 3.63) is 0 Å². The van der Waals surface area contributed by atoms with E-state index in [4.69, 9.17) is 4.74 Å². The molecule has 94 valence electrons. The molecule has 2 nitrogen and oxygen atoms in total. The lowest BCUT2D eigenvalue weighted by atomic mass is 9.78. The minimum absolute atomic E-state index is 0.813. The average Bonchev–Trinajstić information content (AvgIpc) is 2.23. The normalized spacial score (nSPS) is 33.0. The van der Waals surface area contributed by atoms with Gasteiger partial charge in [0.25, 0.3) is 0 Å². The average molecular weight is 225 g/mol. The van der Waals surface area contributed by atoms with Crippen LogP contribution in [0.2, 0.25) is 0 Å². The summed E-state index contributed by atoms with van der Waals surface area (Å²) in [6.45, 7) is 8.28. The first-order chi connectivity index (χ1) is 7.70. The molecule has 2 fully saturated rings. The number of nitrogens with zero attached hydrogens (tertiary/aromatic N) is 1. The highest BCUT2D eigenvalue weighted by atomic mass is 16.5. The van der Waals surface area contributed by atoms with Crippen molar-refractivity contribution in [2.24, 2.45) is 17.8 Å². The molecule has 0 spiro atoms. The molecule has 0 amide bonds. The maximum atomic E-state index is 5.20. The highest BCUT2D eigenvalue weighted by molar-refractivity contribution is 4.88. The molecule has 2 aliphatic rings. The Morgan fingerprint density at radius 3 is 2.25 bits per heavy atom. The standard InChI is InChI=1S/C14H27NO/c1-11(2)13-4-6-14(7-5-13)15-8-12(9-15)10-16-3/h11-14H,4-10H2,1-3H3. The molecule has 0 aromatic heterocycles. The molecule has 0 unspecified atom stereocenters. The van der Waals surface area contributed by atoms with E-state index in [1.807, 2.05) is 7.11 Å². The van der Waals surface area contributed by atoms with Crippen molar-refractivity contribution in [2.75, 3.05) is 26.8 Å². The SMILES string of the molecule is COCC1CN(C2CCC(C(C)C)CC2)C1. The van der Waals surface area contributed by atoms with Crippen LogP contribution in [-0.4, -0.2) is 37.7 Å². The first kappa shape index (κ1) is 12.4. The van der Waals surface area contributed by atoms with E-state index in [9.17, 15) is 0 Å². The van der Waals surface area contributed by atoms with Gasteiger partial charge in [0.05, 0.1) is 6.61 Å². The molecule has 1 saturated heterocycles. The summed E-state index contributed by atoms with van der Waals surface area (Å²) in [5, 5.41) is 0. The Kier molecular flexibility index (Phi) is 4.26. The molecule has 0 aromatic carbocycles. The van der Waals surface area contributed by atoms with Crippen molar-refractivity contribution in [3.63, 3.8) is 0 Å². The van der Waals surface area contributed by atoms with Crippen LogP contribution in [0.15, 0.2) is 0 Å². The van der Waals surface area contributed by atoms with Gasteiger partial charge in [-0.1, -0.05) is 13.8 Å². The predicted octanol–water partition coefficient (Wildman–Crippen LogP) is 2.78. The van der Waals surface area contributed by atoms with Crippen molar-refractivity contribution < 1.29 is 4.74 Å². The largest absolute Gasteiger partial charge is 0.384 e. The van der Waals surface area contributed by atoms with Gasteiger partial charge in [0, 0.05) is 32.2 Å². The Labute approximate surface area is 100 Å². The Balaban J connectivity index is 1.67. The van der Waals surface area contributed by atoms with E-state index in [1.54, 1.807) is 0 Å². The first-order valence-electron chi connectivity index (χ1n) is 6.93. The lowest BCUT2D eigenvalue weighted by Gasteiger charge is -2.46. The summed E-state index contributed by atoms with van der Waals surface area (Å²) in [7, 11) is 1.82. The minimum atomic E-state index is 0.813. The molecule has 1 heterocycles. The Morgan fingerprint density at radius 2 is 1.75 bits per heavy atom. The maximum Gasteiger partial charge on any atom is 0.0515 e. The van der Waals surface area contributed by atoms with Gasteiger partial charge >= 0.3 is 0 Å². The summed E-state index contributed by atoms with van der Waals surface area (Å²) in [5.41, 5.74) is 0. The molecular weight excluding hydrogens is 198 g/mol. The smallest absolute Gasteiger partial charge is 0.0515 e. The molecule has 0 atom stereocenters. The summed E-state index contributed by atoms with van der Waals surface area (Å²) < 4.78 is 5.20. The highest BCUT2D eigenvalue weighted by Crippen LogP contribution is 2.34. The van der Waals surface area contributed by atoms with Crippen molar-refractivity contribution >= 4 is 0 Å². The number of methoxy groups -OCH3 is 1. The van der Waals surface area contributed by atoms with Crippen molar-refractivity contribution in [1.82, 2.24) is 4.90 Å². The summed E-state index contributed by atoms with van der Waals surface area (Å²) in [6, 6.07) is 0.892. The fourth-order valence-electron chi connectivity index (χ4n) is 3.38. The molecule has 0 aromatic rings. The van der Waals surface area contributed by atoms with Crippen LogP contribution >= 0.6 is 0 Å². The van der Waals surface area contributed by atoms with Crippen LogP contribution in [0.25, 0.3) is 0 Å². The van der Waals surface area contributed by atoms with E-state index in [0.29, 0.717) is 0 Å². The zero-order valence-electron chi connectivity index (χ0n) is 11.1. The van der Waals surface area contributed by atoms with E-state index in [0.717, 1.165) is 30.4 Å². The van der Waals surface area contributed by atoms with Crippen molar-refractivity contribution in [3.8, 4) is 0 Å². The van der Waals surface area contributed by atoms with Crippen LogP contribution in [0.1, 0.15) is 39.5 Å². The minimum Gasteiger partial charge on any atom is -0.384 e. The van der Waals surface area contributed by atoms with Gasteiger partial charge in [-0.15, -0.1) is 0 Å². The van der Waals surface area contributed by atoms with E-state index < -0.39 is 0 Å². The topological polar surface area (TPSA) is 12.5 Å². The fourth-order valence-corrected chi connectivity index (χ4v) is 3.38. The van der Waals surface area contributed by atoms with Gasteiger partial charge in [0.1, 0.15) is 0 Å². The first-order valence-corrected chi connectivity index (χ1v) is 6.93. The van der Waals surface area contributed by atoms with E-state index in [-0.39, 0.29) is 0 Å². The monoisotopic (exact) mass is 225 g/mol. The molecule has 16 heavy (non-hydrogen) atoms. The molecule has 0 bridgehead atoms. The molecule has 0 radical (unpaired) electrons. The quantitative estimate of drug-likeness (QED) is 0.729. The number of hydrogen-bond acceptors (Lipinski definition) is 2. The van der Waals surface area contributed by atoms with Crippen molar-refractivity contribution in [2.45, 2.75) is 45.6 Å². The van der Waals surface area contributed by atoms with Crippen LogP contribution in [0.3, 0.4) is 0 Å². The zero-order chi connectivity index (χ0) is 11.5. The second-order valence-corrected chi connectivity index (χ2v) is 6.09. The van der Waals surface area contributed by atoms with Gasteiger partial charge in [-0.2, -0.15) is 0 Å². The Hall–Kier alpha value is -0.0800. The maximum absolute atomic E-state index is 5.20. The summed E-state index contributed by atoms with van der Waals surface area (Å²) >= 11 is 0. The summed E-state index contributed by atoms with van der Waals surface area (Å²) in [5.74, 6) is 2.69. The van der Waals surface area contributed by atoms with Gasteiger partial charge in [-0.3, -0.25) is 4.90 Å². The van der Waals surface area contributed by atoms with Crippen LogP contribution in [0, 0.1) is 17.8 Å². The van der Waals surface area contributed by atoms with Crippen molar-refractivity contribution in [1.29, 1.82) is 0 Å². The molecule has 2 rings (SSSR count). The van der Waals surface area contributed by atoms with Gasteiger partial charge in [-0.25, -0.2) is 0 Å². The Morgan fingerprint density at radius 1 is 1.12 bits per heavy atom. The zero-order valence-corrected chi connectivity index (χ0v) is 11.1. The summed E-state index contributed by atoms with van der Waals surface area (Å²) in [6.07, 6.45) is 5.77. The van der Waals surface area contributed by atoms with Crippen LogP contribution in [-0.2, 0) is 4.74 Å². The number of rotatable bonds is 4. The Bertz CT molecular complexity index is 203. The van der Waals surface area contributed by atoms with Gasteiger partial charge in [0.15, 0.2) is 0 Å². The van der Waals surface area contributed by atoms with E-state index in [2.05, 4.69) is 18.7 Å². The van der Waals surface area contributed by atoms with Crippen LogP contribution < -0.4 is 0 Å². The molecule has 1 aliphatic carbocycles. The molecule has 2 heteroatoms. The lowest BCUT2D eigenvalue weighted by molar-refractivity contribution is -0.0107. The highest BCUT2D eigenvalue weighted by Gasteiger charge is 2.34. The van der Waals surface area contributed by atoms with Gasteiger partial charge in [0.2, 0.25) is 0 Å². The fraction of sp³-hybridized carbons (Fsp3) is 1.00. The third-order valence-electron chi connectivity index (χ3n) is 4.59. The molecular formula is C14H27NO. The third-order valence-corrected chi connectivity index (χ3v) is 4.59. The second kappa shape index (κ2) is 5.50. The van der Waals surface area contributed by atoms with E-state index >= 15 is 0 Å². The molecule has 1 aliphatic heterocycles. The number of hydrogen-bond donors (Lipinski definition) is 0. The molecule has 1 saturated carbocycles. The third kappa shape index (κ3) is 2.78. The second-order valence-electron chi connectivity index (χ2n) is 6.09. The number of likely N-dealkylation sites (tertiary alicyclic amines) is 1. The lowest BCUT2D eigenvalue weighted by Crippen LogP contribution is -2.54. The summed E-state index contributed by atoms with van der Waals surface area (Å²) in [4.78, 5) is 2.68. The predicted molar refractivity (Wildman–Crippen MR) is 67.5 cm³/mol. The van der Waals surface area contributed by atoms with Crippen LogP contribution in [0.5, 0.6) is 0 Å². The molecule has 0 N–H and O–H groups in total. The number of ether oxygens (including phenoxy) is 1. The van der Waals surface area contributed by atoms with Gasteiger partial charge in [-0.05, 0) is 37.5 Å².